The maximum absolute atomic E-state index is 13.1. The third kappa shape index (κ3) is 70.5. The van der Waals surface area contributed by atoms with Gasteiger partial charge < -0.3 is 33.8 Å². The van der Waals surface area contributed by atoms with Crippen molar-refractivity contribution >= 4 is 39.5 Å². The minimum atomic E-state index is -4.96. The molecule has 17 nitrogen and oxygen atoms in total. The van der Waals surface area contributed by atoms with E-state index < -0.39 is 97.5 Å². The second-order valence-electron chi connectivity index (χ2n) is 29.7. The van der Waals surface area contributed by atoms with Crippen molar-refractivity contribution in [2.45, 2.75) is 408 Å². The lowest BCUT2D eigenvalue weighted by Crippen LogP contribution is -2.30. The van der Waals surface area contributed by atoms with E-state index in [-0.39, 0.29) is 25.7 Å². The second-order valence-corrected chi connectivity index (χ2v) is 32.6. The third-order valence-corrected chi connectivity index (χ3v) is 19.7. The normalized spacial score (nSPS) is 14.1. The number of phosphoric ester groups is 2. The molecule has 0 bridgehead atoms. The molecule has 0 aromatic rings. The first-order valence-electron chi connectivity index (χ1n) is 39.7. The van der Waals surface area contributed by atoms with Crippen LogP contribution in [0.5, 0.6) is 0 Å². The van der Waals surface area contributed by atoms with E-state index in [1.807, 2.05) is 0 Å². The average Bonchev–Trinajstić information content (AvgIpc) is 1.22. The highest BCUT2D eigenvalue weighted by molar-refractivity contribution is 7.47. The summed E-state index contributed by atoms with van der Waals surface area (Å²) in [6.45, 7) is 14.2. The van der Waals surface area contributed by atoms with Crippen LogP contribution in [-0.2, 0) is 65.4 Å². The maximum atomic E-state index is 13.1. The number of esters is 4. The van der Waals surface area contributed by atoms with Gasteiger partial charge in [-0.25, -0.2) is 9.13 Å². The van der Waals surface area contributed by atoms with Gasteiger partial charge in [0.2, 0.25) is 0 Å². The molecule has 0 aromatic carbocycles. The smallest absolute Gasteiger partial charge is 0.462 e. The van der Waals surface area contributed by atoms with Crippen molar-refractivity contribution in [2.24, 2.45) is 23.7 Å². The molecule has 570 valence electrons. The van der Waals surface area contributed by atoms with E-state index in [4.69, 9.17) is 37.0 Å². The number of ether oxygens (including phenoxy) is 4. The van der Waals surface area contributed by atoms with Gasteiger partial charge in [-0.3, -0.25) is 37.3 Å². The van der Waals surface area contributed by atoms with Gasteiger partial charge in [0.25, 0.3) is 0 Å². The van der Waals surface area contributed by atoms with Crippen LogP contribution < -0.4 is 0 Å². The largest absolute Gasteiger partial charge is 0.472 e. The SMILES string of the molecule is CC(C)CCCCCCCCCCCCCCCCC(=O)O[C@H](COC(=O)CCCCCCCCCCCCCCCC(C)C)COP(=O)(O)OC[C@@H](O)COP(=O)(O)OC[C@@H](COC(=O)CCCCCCCCC(C)C)OC(=O)CCCCCCCCCCCCCC(C)C. The van der Waals surface area contributed by atoms with Crippen LogP contribution in [-0.4, -0.2) is 96.7 Å². The fourth-order valence-electron chi connectivity index (χ4n) is 11.7. The summed E-state index contributed by atoms with van der Waals surface area (Å²) in [5.74, 6) is 0.910. The zero-order chi connectivity index (χ0) is 71.0. The van der Waals surface area contributed by atoms with Crippen molar-refractivity contribution in [1.82, 2.24) is 0 Å². The molecule has 0 aliphatic carbocycles. The van der Waals surface area contributed by atoms with E-state index in [0.29, 0.717) is 31.6 Å². The molecule has 0 saturated heterocycles. The van der Waals surface area contributed by atoms with E-state index >= 15 is 0 Å². The van der Waals surface area contributed by atoms with E-state index in [9.17, 15) is 43.2 Å². The molecule has 3 N–H and O–H groups in total. The summed E-state index contributed by atoms with van der Waals surface area (Å²) in [4.78, 5) is 72.8. The third-order valence-electron chi connectivity index (χ3n) is 17.8. The monoisotopic (exact) mass is 1410 g/mol. The van der Waals surface area contributed by atoms with Crippen LogP contribution in [0.1, 0.15) is 389 Å². The number of carbonyl (C=O) groups is 4. The Balaban J connectivity index is 5.24. The van der Waals surface area contributed by atoms with Gasteiger partial charge in [0.15, 0.2) is 12.2 Å². The van der Waals surface area contributed by atoms with Crippen LogP contribution in [0.2, 0.25) is 0 Å². The number of carbonyl (C=O) groups excluding carboxylic acids is 4. The molecule has 19 heteroatoms. The van der Waals surface area contributed by atoms with Crippen LogP contribution in [0.25, 0.3) is 0 Å². The molecule has 5 atom stereocenters. The number of aliphatic hydroxyl groups excluding tert-OH is 1. The molecule has 0 heterocycles. The first kappa shape index (κ1) is 94.1. The molecule has 0 aliphatic heterocycles. The van der Waals surface area contributed by atoms with E-state index in [2.05, 4.69) is 55.4 Å². The van der Waals surface area contributed by atoms with Crippen LogP contribution in [0.4, 0.5) is 0 Å². The Bertz CT molecular complexity index is 1880. The Labute approximate surface area is 588 Å². The van der Waals surface area contributed by atoms with Gasteiger partial charge >= 0.3 is 39.5 Å². The molecular weight excluding hydrogens is 1260 g/mol. The zero-order valence-corrected chi connectivity index (χ0v) is 64.8. The van der Waals surface area contributed by atoms with Crippen molar-refractivity contribution in [2.75, 3.05) is 39.6 Å². The van der Waals surface area contributed by atoms with Gasteiger partial charge in [0.1, 0.15) is 19.3 Å². The highest BCUT2D eigenvalue weighted by Gasteiger charge is 2.30. The zero-order valence-electron chi connectivity index (χ0n) is 63.0. The van der Waals surface area contributed by atoms with Gasteiger partial charge in [0, 0.05) is 25.7 Å². The first-order chi connectivity index (χ1) is 46.1. The molecule has 2 unspecified atom stereocenters. The van der Waals surface area contributed by atoms with Crippen LogP contribution >= 0.6 is 15.6 Å². The van der Waals surface area contributed by atoms with Crippen molar-refractivity contribution in [3.63, 3.8) is 0 Å². The number of phosphoric acid groups is 2. The lowest BCUT2D eigenvalue weighted by atomic mass is 10.0. The van der Waals surface area contributed by atoms with Crippen LogP contribution in [0.3, 0.4) is 0 Å². The Kier molecular flexibility index (Phi) is 65.0. The number of hydrogen-bond donors (Lipinski definition) is 3. The van der Waals surface area contributed by atoms with Crippen molar-refractivity contribution < 1.29 is 80.2 Å². The van der Waals surface area contributed by atoms with Crippen molar-refractivity contribution in [3.05, 3.63) is 0 Å². The number of aliphatic hydroxyl groups is 1. The van der Waals surface area contributed by atoms with Gasteiger partial charge in [-0.1, -0.05) is 338 Å². The predicted molar refractivity (Wildman–Crippen MR) is 391 cm³/mol. The molecule has 0 aliphatic rings. The quantitative estimate of drug-likeness (QED) is 0.0222. The topological polar surface area (TPSA) is 237 Å². The molecule has 96 heavy (non-hydrogen) atoms. The Morgan fingerprint density at radius 3 is 0.646 bits per heavy atom. The van der Waals surface area contributed by atoms with Gasteiger partial charge in [0.05, 0.1) is 26.4 Å². The fourth-order valence-corrected chi connectivity index (χ4v) is 13.3. The molecule has 0 saturated carbocycles. The minimum Gasteiger partial charge on any atom is -0.462 e. The summed E-state index contributed by atoms with van der Waals surface area (Å²) >= 11 is 0. The minimum absolute atomic E-state index is 0.105. The van der Waals surface area contributed by atoms with Crippen LogP contribution in [0, 0.1) is 23.7 Å². The Morgan fingerprint density at radius 2 is 0.438 bits per heavy atom. The molecular formula is C77H150O17P2. The van der Waals surface area contributed by atoms with Gasteiger partial charge in [-0.05, 0) is 49.4 Å². The summed E-state index contributed by atoms with van der Waals surface area (Å²) in [7, 11) is -9.91. The first-order valence-corrected chi connectivity index (χ1v) is 42.7. The summed E-state index contributed by atoms with van der Waals surface area (Å²) in [5.41, 5.74) is 0. The Hall–Kier alpha value is -1.94. The lowest BCUT2D eigenvalue weighted by Gasteiger charge is -2.21. The highest BCUT2D eigenvalue weighted by Crippen LogP contribution is 2.45. The van der Waals surface area contributed by atoms with Gasteiger partial charge in [-0.2, -0.15) is 0 Å². The maximum Gasteiger partial charge on any atom is 0.472 e. The molecule has 0 spiro atoms. The number of unbranched alkanes of at least 4 members (excludes halogenated alkanes) is 40. The summed E-state index contributed by atoms with van der Waals surface area (Å²) in [6, 6.07) is 0. The lowest BCUT2D eigenvalue weighted by molar-refractivity contribution is -0.161. The molecule has 0 rings (SSSR count). The van der Waals surface area contributed by atoms with Crippen molar-refractivity contribution in [1.29, 1.82) is 0 Å². The molecule has 0 amide bonds. The molecule has 0 fully saturated rings. The fraction of sp³-hybridized carbons (Fsp3) is 0.948. The van der Waals surface area contributed by atoms with Crippen molar-refractivity contribution in [3.8, 4) is 0 Å². The van der Waals surface area contributed by atoms with Gasteiger partial charge in [-0.15, -0.1) is 0 Å². The summed E-state index contributed by atoms with van der Waals surface area (Å²) in [5, 5.41) is 10.6. The molecule has 0 aromatic heterocycles. The van der Waals surface area contributed by atoms with Crippen LogP contribution in [0.15, 0.2) is 0 Å². The van der Waals surface area contributed by atoms with E-state index in [1.54, 1.807) is 0 Å². The standard InChI is InChI=1S/C77H150O17P2/c1-67(2)53-45-37-29-23-17-12-9-10-14-21-27-33-43-51-59-76(81)93-72(63-87-74(79)57-49-41-32-26-20-15-11-13-18-24-30-38-46-54-68(3)4)65-91-95(83,84)89-61-71(78)62-90-96(85,86)92-66-73(64-88-75(80)58-50-42-36-35-40-48-56-70(7)8)94-77(82)60-52-44-34-28-22-16-19-25-31-39-47-55-69(5)6/h67-73,78H,9-66H2,1-8H3,(H,83,84)(H,85,86)/t71-,72-,73-/m1/s1. The van der Waals surface area contributed by atoms with E-state index in [1.165, 1.54) is 186 Å². The summed E-state index contributed by atoms with van der Waals surface area (Å²) < 4.78 is 68.5. The Morgan fingerprint density at radius 1 is 0.260 bits per heavy atom. The number of hydrogen-bond acceptors (Lipinski definition) is 15. The number of rotatable bonds is 74. The highest BCUT2D eigenvalue weighted by atomic mass is 31.2. The second kappa shape index (κ2) is 66.3. The van der Waals surface area contributed by atoms with E-state index in [0.717, 1.165) is 114 Å². The summed E-state index contributed by atoms with van der Waals surface area (Å²) in [6.07, 6.45) is 51.4. The average molecular weight is 1410 g/mol. The molecule has 0 radical (unpaired) electrons. The predicted octanol–water partition coefficient (Wildman–Crippen LogP) is 22.4.